The molecule has 0 unspecified atom stereocenters. The van der Waals surface area contributed by atoms with Crippen LogP contribution >= 0.6 is 0 Å². The fourth-order valence-corrected chi connectivity index (χ4v) is 9.38. The van der Waals surface area contributed by atoms with Crippen molar-refractivity contribution in [1.82, 2.24) is 0 Å². The Hall–Kier alpha value is -1.45. The van der Waals surface area contributed by atoms with Crippen LogP contribution in [0.5, 0.6) is 5.75 Å². The van der Waals surface area contributed by atoms with Crippen molar-refractivity contribution >= 4 is 16.6 Å². The van der Waals surface area contributed by atoms with Crippen molar-refractivity contribution in [3.05, 3.63) is 64.9 Å². The Morgan fingerprint density at radius 2 is 1.71 bits per heavy atom. The van der Waals surface area contributed by atoms with E-state index in [-0.39, 0.29) is 15.9 Å². The van der Waals surface area contributed by atoms with E-state index in [0.717, 1.165) is 30.8 Å². The Morgan fingerprint density at radius 3 is 2.33 bits per heavy atom. The molecule has 2 aliphatic rings. The molecule has 42 heavy (non-hydrogen) atoms. The van der Waals surface area contributed by atoms with Gasteiger partial charge >= 0.3 is 0 Å². The molecule has 0 N–H and O–H groups in total. The lowest BCUT2D eigenvalue weighted by Crippen LogP contribution is -2.57. The number of methoxy groups -OCH3 is 1. The largest absolute Gasteiger partial charge is 0.497 e. The summed E-state index contributed by atoms with van der Waals surface area (Å²) in [5.74, 6) is 1.43. The van der Waals surface area contributed by atoms with E-state index in [0.29, 0.717) is 25.2 Å². The quantitative estimate of drug-likeness (QED) is 0.102. The van der Waals surface area contributed by atoms with E-state index in [9.17, 15) is 0 Å². The smallest absolute Gasteiger partial charge is 0.211 e. The van der Waals surface area contributed by atoms with Gasteiger partial charge in [0.15, 0.2) is 8.32 Å². The molecule has 0 spiro atoms. The van der Waals surface area contributed by atoms with Crippen molar-refractivity contribution < 1.29 is 18.3 Å². The Bertz CT molecular complexity index is 1120. The van der Waals surface area contributed by atoms with Gasteiger partial charge in [0, 0.05) is 12.0 Å². The summed E-state index contributed by atoms with van der Waals surface area (Å²) in [5.41, 5.74) is 6.43. The Balaban J connectivity index is 1.62. The number of ether oxygens (including phenoxy) is 2. The molecular weight excluding hydrogens is 553 g/mol. The van der Waals surface area contributed by atoms with Gasteiger partial charge in [-0.05, 0) is 99.8 Å². The molecule has 236 valence electrons. The average Bonchev–Trinajstić information content (AvgIpc) is 2.90. The van der Waals surface area contributed by atoms with Gasteiger partial charge in [0.2, 0.25) is 8.32 Å². The van der Waals surface area contributed by atoms with Crippen molar-refractivity contribution in [1.29, 1.82) is 0 Å². The fraction of sp³-hybridized carbons (Fsp3) is 0.667. The van der Waals surface area contributed by atoms with Crippen LogP contribution in [0.4, 0.5) is 0 Å². The number of allylic oxidation sites excluding steroid dienone is 3. The summed E-state index contributed by atoms with van der Waals surface area (Å²) in [6.07, 6.45) is 12.0. The number of hydrogen-bond donors (Lipinski definition) is 0. The molecule has 1 fully saturated rings. The first-order chi connectivity index (χ1) is 19.4. The summed E-state index contributed by atoms with van der Waals surface area (Å²) in [7, 11) is -2.18. The zero-order valence-corrected chi connectivity index (χ0v) is 30.9. The molecule has 0 aromatic heterocycles. The first-order valence-electron chi connectivity index (χ1n) is 16.0. The van der Waals surface area contributed by atoms with Crippen LogP contribution in [0.3, 0.4) is 0 Å². The summed E-state index contributed by atoms with van der Waals surface area (Å²) in [6.45, 7) is 27.9. The first-order valence-corrected chi connectivity index (χ1v) is 21.9. The number of benzene rings is 1. The van der Waals surface area contributed by atoms with Crippen molar-refractivity contribution in [2.24, 2.45) is 16.7 Å². The third-order valence-electron chi connectivity index (χ3n) is 10.3. The summed E-state index contributed by atoms with van der Waals surface area (Å²) < 4.78 is 25.2. The van der Waals surface area contributed by atoms with Gasteiger partial charge in [0.1, 0.15) is 5.75 Å². The molecule has 3 rings (SSSR count). The van der Waals surface area contributed by atoms with Crippen LogP contribution in [-0.4, -0.2) is 43.1 Å². The minimum absolute atomic E-state index is 0.0947. The molecule has 0 bridgehead atoms. The van der Waals surface area contributed by atoms with E-state index in [2.05, 4.69) is 98.6 Å². The van der Waals surface area contributed by atoms with E-state index < -0.39 is 16.6 Å². The lowest BCUT2D eigenvalue weighted by Gasteiger charge is -2.58. The molecule has 0 aliphatic heterocycles. The highest BCUT2D eigenvalue weighted by molar-refractivity contribution is 6.76. The molecule has 0 radical (unpaired) electrons. The molecule has 3 atom stereocenters. The van der Waals surface area contributed by atoms with Crippen LogP contribution in [0.2, 0.25) is 31.2 Å². The summed E-state index contributed by atoms with van der Waals surface area (Å²) in [5, 5.41) is 0.223. The van der Waals surface area contributed by atoms with Gasteiger partial charge in [0.05, 0.1) is 26.4 Å². The Kier molecular flexibility index (Phi) is 11.4. The molecule has 4 nitrogen and oxygen atoms in total. The summed E-state index contributed by atoms with van der Waals surface area (Å²) >= 11 is 0. The van der Waals surface area contributed by atoms with Crippen molar-refractivity contribution in [2.45, 2.75) is 118 Å². The van der Waals surface area contributed by atoms with Crippen LogP contribution < -0.4 is 4.74 Å². The first kappa shape index (κ1) is 35.0. The van der Waals surface area contributed by atoms with Gasteiger partial charge in [-0.25, -0.2) is 0 Å². The summed E-state index contributed by atoms with van der Waals surface area (Å²) in [4.78, 5) is 0. The van der Waals surface area contributed by atoms with Crippen LogP contribution in [0.15, 0.2) is 59.3 Å². The van der Waals surface area contributed by atoms with Crippen LogP contribution in [-0.2, 0) is 20.2 Å². The molecule has 0 amide bonds. The van der Waals surface area contributed by atoms with E-state index in [1.54, 1.807) is 7.11 Å². The van der Waals surface area contributed by atoms with Gasteiger partial charge in [-0.2, -0.15) is 0 Å². The van der Waals surface area contributed by atoms with Gasteiger partial charge < -0.3 is 18.3 Å². The van der Waals surface area contributed by atoms with Crippen LogP contribution in [0, 0.1) is 16.7 Å². The second-order valence-electron chi connectivity index (χ2n) is 15.6. The predicted octanol–water partition coefficient (Wildman–Crippen LogP) is 10.0. The van der Waals surface area contributed by atoms with Gasteiger partial charge in [-0.3, -0.25) is 0 Å². The van der Waals surface area contributed by atoms with E-state index in [1.807, 2.05) is 24.3 Å². The van der Waals surface area contributed by atoms with Crippen LogP contribution in [0.1, 0.15) is 79.7 Å². The summed E-state index contributed by atoms with van der Waals surface area (Å²) in [6, 6.07) is 8.03. The highest BCUT2D eigenvalue weighted by Gasteiger charge is 2.55. The zero-order valence-electron chi connectivity index (χ0n) is 28.9. The van der Waals surface area contributed by atoms with E-state index in [4.69, 9.17) is 18.3 Å². The topological polar surface area (TPSA) is 36.9 Å². The second kappa shape index (κ2) is 13.7. The minimum Gasteiger partial charge on any atom is -0.497 e. The number of rotatable bonds is 12. The van der Waals surface area contributed by atoms with Crippen molar-refractivity contribution in [3.8, 4) is 5.75 Å². The Labute approximate surface area is 260 Å². The molecule has 0 heterocycles. The molecule has 1 saturated carbocycles. The van der Waals surface area contributed by atoms with Gasteiger partial charge in [-0.15, -0.1) is 0 Å². The van der Waals surface area contributed by atoms with Crippen LogP contribution in [0.25, 0.3) is 0 Å². The molecule has 1 aromatic rings. The highest BCUT2D eigenvalue weighted by Crippen LogP contribution is 2.58. The fourth-order valence-electron chi connectivity index (χ4n) is 6.49. The molecule has 2 aliphatic carbocycles. The lowest BCUT2D eigenvalue weighted by atomic mass is 9.51. The SMILES string of the molecule is COc1ccc(COC/C=C(C)/C=C/[Si](C)(C)OC[C@]23C=C(C)CC[C@@H]2C(C)(C)[C@H](O[Si](C)(C)C(C)(C)C)CC3)cc1. The zero-order chi connectivity index (χ0) is 31.4. The normalized spacial score (nSPS) is 25.3. The van der Waals surface area contributed by atoms with E-state index in [1.165, 1.54) is 24.0 Å². The number of hydrogen-bond acceptors (Lipinski definition) is 4. The van der Waals surface area contributed by atoms with Gasteiger partial charge in [0.25, 0.3) is 0 Å². The monoisotopic (exact) mass is 612 g/mol. The molecule has 0 saturated heterocycles. The van der Waals surface area contributed by atoms with E-state index >= 15 is 0 Å². The predicted molar refractivity (Wildman–Crippen MR) is 183 cm³/mol. The van der Waals surface area contributed by atoms with Crippen molar-refractivity contribution in [3.63, 3.8) is 0 Å². The lowest BCUT2D eigenvalue weighted by molar-refractivity contribution is -0.0965. The highest BCUT2D eigenvalue weighted by atomic mass is 28.4. The minimum atomic E-state index is -2.02. The second-order valence-corrected chi connectivity index (χ2v) is 24.2. The maximum absolute atomic E-state index is 7.12. The van der Waals surface area contributed by atoms with Gasteiger partial charge in [-0.1, -0.05) is 81.8 Å². The third-order valence-corrected chi connectivity index (χ3v) is 16.7. The standard InChI is InChI=1S/C36H60O4Si2/c1-28(20-23-38-26-30-14-16-31(37-8)17-15-30)21-24-41(9,10)39-27-36-22-19-33(40-42(11,12)34(3,4)5)35(6,7)32(36)18-13-29(2)25-36/h14-17,20-21,24-25,32-33H,13,18-19,22-23,26-27H2,1-12H3/b24-21+,28-20+/t32-,33-,36+/m1/s1. The molecular formula is C36H60O4Si2. The average molecular weight is 613 g/mol. The molecule has 1 aromatic carbocycles. The Morgan fingerprint density at radius 1 is 1.05 bits per heavy atom. The molecule has 6 heteroatoms. The maximum Gasteiger partial charge on any atom is 0.211 e. The number of fused-ring (bicyclic) bond motifs is 1. The van der Waals surface area contributed by atoms with Crippen molar-refractivity contribution in [2.75, 3.05) is 20.3 Å². The third kappa shape index (κ3) is 8.81. The maximum atomic E-state index is 7.12.